The van der Waals surface area contributed by atoms with Gasteiger partial charge >= 0.3 is 0 Å². The number of aryl methyl sites for hydroxylation is 2. The highest BCUT2D eigenvalue weighted by Gasteiger charge is 2.19. The van der Waals surface area contributed by atoms with Crippen LogP contribution in [0.4, 0.5) is 0 Å². The Bertz CT molecular complexity index is 1070. The molecule has 0 saturated carbocycles. The van der Waals surface area contributed by atoms with Crippen molar-refractivity contribution in [1.29, 1.82) is 0 Å². The molecule has 1 aliphatic heterocycles. The summed E-state index contributed by atoms with van der Waals surface area (Å²) in [6.45, 7) is 4.16. The summed E-state index contributed by atoms with van der Waals surface area (Å²) in [4.78, 5) is 21.2. The van der Waals surface area contributed by atoms with Gasteiger partial charge in [0, 0.05) is 30.9 Å². The molecule has 1 aliphatic rings. The molecular weight excluding hydrogens is 358 g/mol. The molecule has 0 atom stereocenters. The lowest BCUT2D eigenvalue weighted by molar-refractivity contribution is -0.120. The van der Waals surface area contributed by atoms with Crippen LogP contribution in [0.5, 0.6) is 11.5 Å². The van der Waals surface area contributed by atoms with Crippen molar-refractivity contribution in [2.24, 2.45) is 7.05 Å². The number of carbonyl (C=O) groups is 1. The smallest absolute Gasteiger partial charge is 0.231 e. The normalized spacial score (nSPS) is 12.3. The predicted octanol–water partition coefficient (Wildman–Crippen LogP) is 2.18. The van der Waals surface area contributed by atoms with Crippen molar-refractivity contribution < 1.29 is 14.3 Å². The number of fused-ring (bicyclic) bond motifs is 1. The number of aromatic nitrogens is 4. The van der Waals surface area contributed by atoms with Gasteiger partial charge in [-0.25, -0.2) is 9.97 Å². The molecule has 1 N–H and O–H groups in total. The number of benzene rings is 1. The second-order valence-electron chi connectivity index (χ2n) is 6.64. The monoisotopic (exact) mass is 379 g/mol. The van der Waals surface area contributed by atoms with Crippen LogP contribution in [-0.4, -0.2) is 39.5 Å². The molecule has 3 heterocycles. The minimum absolute atomic E-state index is 0.0975. The van der Waals surface area contributed by atoms with Gasteiger partial charge in [0.1, 0.15) is 5.82 Å². The fourth-order valence-corrected chi connectivity index (χ4v) is 3.28. The molecule has 0 saturated heterocycles. The molecule has 3 aromatic rings. The van der Waals surface area contributed by atoms with Crippen LogP contribution < -0.4 is 14.8 Å². The zero-order valence-corrected chi connectivity index (χ0v) is 16.2. The molecular formula is C20H21N5O3. The van der Waals surface area contributed by atoms with Gasteiger partial charge in [0.25, 0.3) is 0 Å². The highest BCUT2D eigenvalue weighted by molar-refractivity contribution is 5.78. The third-order valence-electron chi connectivity index (χ3n) is 4.80. The fraction of sp³-hybridized carbons (Fsp3) is 0.300. The minimum atomic E-state index is -0.145. The molecule has 28 heavy (non-hydrogen) atoms. The number of nitrogens with one attached hydrogen (secondary N) is 1. The van der Waals surface area contributed by atoms with E-state index in [0.29, 0.717) is 23.0 Å². The Hall–Kier alpha value is -3.42. The van der Waals surface area contributed by atoms with Crippen LogP contribution in [0.15, 0.2) is 24.3 Å². The number of carbonyl (C=O) groups excluding carboxylic acids is 1. The van der Waals surface area contributed by atoms with Crippen molar-refractivity contribution in [2.45, 2.75) is 20.3 Å². The molecule has 0 radical (unpaired) electrons. The van der Waals surface area contributed by atoms with E-state index in [9.17, 15) is 4.79 Å². The van der Waals surface area contributed by atoms with Crippen molar-refractivity contribution in [3.05, 3.63) is 41.5 Å². The molecule has 0 aliphatic carbocycles. The van der Waals surface area contributed by atoms with Crippen LogP contribution in [-0.2, 0) is 18.3 Å². The topological polar surface area (TPSA) is 91.2 Å². The Balaban J connectivity index is 1.86. The van der Waals surface area contributed by atoms with Gasteiger partial charge in [-0.15, -0.1) is 0 Å². The van der Waals surface area contributed by atoms with E-state index in [1.807, 2.05) is 49.8 Å². The number of hydrogen-bond donors (Lipinski definition) is 1. The molecule has 0 bridgehead atoms. The van der Waals surface area contributed by atoms with Crippen molar-refractivity contribution in [3.63, 3.8) is 0 Å². The zero-order chi connectivity index (χ0) is 19.8. The third kappa shape index (κ3) is 3.17. The summed E-state index contributed by atoms with van der Waals surface area (Å²) in [6, 6.07) is 7.59. The summed E-state index contributed by atoms with van der Waals surface area (Å²) in [5.74, 6) is 1.70. The third-order valence-corrected chi connectivity index (χ3v) is 4.80. The van der Waals surface area contributed by atoms with Crippen LogP contribution in [0, 0.1) is 13.8 Å². The summed E-state index contributed by atoms with van der Waals surface area (Å²) >= 11 is 0. The van der Waals surface area contributed by atoms with Crippen LogP contribution in [0.25, 0.3) is 22.5 Å². The lowest BCUT2D eigenvalue weighted by atomic mass is 10.1. The van der Waals surface area contributed by atoms with Crippen LogP contribution in [0.3, 0.4) is 0 Å². The summed E-state index contributed by atoms with van der Waals surface area (Å²) in [5.41, 5.74) is 5.14. The van der Waals surface area contributed by atoms with Gasteiger partial charge in [-0.3, -0.25) is 9.48 Å². The lowest BCUT2D eigenvalue weighted by Gasteiger charge is -2.10. The minimum Gasteiger partial charge on any atom is -0.454 e. The van der Waals surface area contributed by atoms with Gasteiger partial charge in [-0.2, -0.15) is 5.10 Å². The van der Waals surface area contributed by atoms with Gasteiger partial charge in [-0.05, 0) is 38.1 Å². The number of rotatable bonds is 4. The molecule has 1 amide bonds. The van der Waals surface area contributed by atoms with Gasteiger partial charge in [0.15, 0.2) is 11.5 Å². The van der Waals surface area contributed by atoms with Crippen LogP contribution in [0.2, 0.25) is 0 Å². The Morgan fingerprint density at radius 3 is 2.61 bits per heavy atom. The maximum Gasteiger partial charge on any atom is 0.231 e. The van der Waals surface area contributed by atoms with E-state index in [1.165, 1.54) is 0 Å². The first-order valence-electron chi connectivity index (χ1n) is 8.95. The molecule has 4 rings (SSSR count). The largest absolute Gasteiger partial charge is 0.454 e. The van der Waals surface area contributed by atoms with Gasteiger partial charge in [0.05, 0.1) is 23.5 Å². The maximum atomic E-state index is 11.9. The molecule has 8 heteroatoms. The molecule has 8 nitrogen and oxygen atoms in total. The molecule has 2 aromatic heterocycles. The average molecular weight is 379 g/mol. The number of amides is 1. The SMILES string of the molecule is CNC(=O)Cc1nc(-c2ccc3c(c2)OCO3)cc(-c2c(C)nn(C)c2C)n1. The maximum absolute atomic E-state index is 11.9. The van der Waals surface area contributed by atoms with Crippen LogP contribution >= 0.6 is 0 Å². The number of hydrogen-bond acceptors (Lipinski definition) is 6. The van der Waals surface area contributed by atoms with Gasteiger partial charge < -0.3 is 14.8 Å². The Kier molecular flexibility index (Phi) is 4.46. The first-order chi connectivity index (χ1) is 13.5. The molecule has 0 fully saturated rings. The van der Waals surface area contributed by atoms with Crippen molar-refractivity contribution in [3.8, 4) is 34.0 Å². The second-order valence-corrected chi connectivity index (χ2v) is 6.64. The zero-order valence-electron chi connectivity index (χ0n) is 16.2. The van der Waals surface area contributed by atoms with Crippen molar-refractivity contribution >= 4 is 5.91 Å². The van der Waals surface area contributed by atoms with E-state index < -0.39 is 0 Å². The van der Waals surface area contributed by atoms with Gasteiger partial charge in [0.2, 0.25) is 12.7 Å². The Morgan fingerprint density at radius 2 is 1.89 bits per heavy atom. The van der Waals surface area contributed by atoms with Crippen LogP contribution in [0.1, 0.15) is 17.2 Å². The Morgan fingerprint density at radius 1 is 1.14 bits per heavy atom. The number of ether oxygens (including phenoxy) is 2. The number of nitrogens with zero attached hydrogens (tertiary/aromatic N) is 4. The first-order valence-corrected chi connectivity index (χ1v) is 8.95. The standard InChI is InChI=1S/C20H21N5O3/c1-11-20(12(2)25(4)24-11)15-8-14(22-18(23-15)9-19(26)21-3)13-5-6-16-17(7-13)28-10-27-16/h5-8H,9-10H2,1-4H3,(H,21,26). The molecule has 0 unspecified atom stereocenters. The predicted molar refractivity (Wildman–Crippen MR) is 103 cm³/mol. The first kappa shape index (κ1) is 18.0. The Labute approximate surface area is 162 Å². The van der Waals surface area contributed by atoms with Crippen molar-refractivity contribution in [2.75, 3.05) is 13.8 Å². The second kappa shape index (κ2) is 6.95. The summed E-state index contributed by atoms with van der Waals surface area (Å²) < 4.78 is 12.7. The van der Waals surface area contributed by atoms with E-state index >= 15 is 0 Å². The van der Waals surface area contributed by atoms with E-state index in [-0.39, 0.29) is 19.1 Å². The molecule has 0 spiro atoms. The fourth-order valence-electron chi connectivity index (χ4n) is 3.28. The van der Waals surface area contributed by atoms with E-state index in [0.717, 1.165) is 28.2 Å². The number of likely N-dealkylation sites (N-methyl/N-ethyl adjacent to an activating group) is 1. The molecule has 1 aromatic carbocycles. The molecule has 144 valence electrons. The van der Waals surface area contributed by atoms with E-state index in [2.05, 4.69) is 20.4 Å². The highest BCUT2D eigenvalue weighted by Crippen LogP contribution is 2.36. The highest BCUT2D eigenvalue weighted by atomic mass is 16.7. The lowest BCUT2D eigenvalue weighted by Crippen LogP contribution is -2.21. The van der Waals surface area contributed by atoms with E-state index in [1.54, 1.807) is 7.05 Å². The van der Waals surface area contributed by atoms with E-state index in [4.69, 9.17) is 9.47 Å². The van der Waals surface area contributed by atoms with Gasteiger partial charge in [-0.1, -0.05) is 0 Å². The summed E-state index contributed by atoms with van der Waals surface area (Å²) in [6.07, 6.45) is 0.0975. The summed E-state index contributed by atoms with van der Waals surface area (Å²) in [5, 5.41) is 7.10. The van der Waals surface area contributed by atoms with Crippen molar-refractivity contribution in [1.82, 2.24) is 25.1 Å². The average Bonchev–Trinajstić information content (AvgIpc) is 3.24. The summed E-state index contributed by atoms with van der Waals surface area (Å²) in [7, 11) is 3.50. The quantitative estimate of drug-likeness (QED) is 0.747.